The number of halogens is 2. The average Bonchev–Trinajstić information content (AvgIpc) is 2.45. The minimum atomic E-state index is -0.375. The maximum absolute atomic E-state index is 13.4. The van der Waals surface area contributed by atoms with Crippen LogP contribution in [-0.4, -0.2) is 11.2 Å². The van der Waals surface area contributed by atoms with Crippen molar-refractivity contribution in [2.45, 2.75) is 24.0 Å². The standard InChI is InChI=1S/C16H15F2NOS/c1-10-3-6-13(9-15(10)18)19-16(20)11(2)21-14-7-4-12(17)5-8-14/h3-9,11H,1-2H3,(H,19,20)/t11-/m0/s1. The van der Waals surface area contributed by atoms with Crippen LogP contribution in [0.4, 0.5) is 14.5 Å². The third-order valence-corrected chi connectivity index (χ3v) is 4.05. The number of carbonyl (C=O) groups excluding carboxylic acids is 1. The molecule has 0 aromatic heterocycles. The molecule has 0 aliphatic heterocycles. The van der Waals surface area contributed by atoms with Crippen LogP contribution >= 0.6 is 11.8 Å². The molecular weight excluding hydrogens is 292 g/mol. The SMILES string of the molecule is Cc1ccc(NC(=O)[C@H](C)Sc2ccc(F)cc2)cc1F. The van der Waals surface area contributed by atoms with Gasteiger partial charge < -0.3 is 5.32 Å². The molecule has 1 N–H and O–H groups in total. The van der Waals surface area contributed by atoms with Crippen LogP contribution in [-0.2, 0) is 4.79 Å². The van der Waals surface area contributed by atoms with Gasteiger partial charge in [0, 0.05) is 10.6 Å². The third kappa shape index (κ3) is 4.29. The highest BCUT2D eigenvalue weighted by Gasteiger charge is 2.15. The largest absolute Gasteiger partial charge is 0.325 e. The van der Waals surface area contributed by atoms with E-state index in [-0.39, 0.29) is 22.8 Å². The van der Waals surface area contributed by atoms with Gasteiger partial charge in [-0.3, -0.25) is 4.79 Å². The molecule has 2 rings (SSSR count). The van der Waals surface area contributed by atoms with E-state index < -0.39 is 0 Å². The van der Waals surface area contributed by atoms with Crippen LogP contribution in [0.2, 0.25) is 0 Å². The van der Waals surface area contributed by atoms with Crippen molar-refractivity contribution in [2.75, 3.05) is 5.32 Å². The van der Waals surface area contributed by atoms with Crippen LogP contribution in [0.3, 0.4) is 0 Å². The lowest BCUT2D eigenvalue weighted by atomic mass is 10.2. The lowest BCUT2D eigenvalue weighted by Crippen LogP contribution is -2.22. The van der Waals surface area contributed by atoms with Crippen LogP contribution in [0, 0.1) is 18.6 Å². The molecule has 1 atom stereocenters. The first kappa shape index (κ1) is 15.5. The third-order valence-electron chi connectivity index (χ3n) is 2.94. The van der Waals surface area contributed by atoms with E-state index in [1.165, 1.54) is 30.0 Å². The molecule has 2 aromatic carbocycles. The van der Waals surface area contributed by atoms with Crippen LogP contribution < -0.4 is 5.32 Å². The van der Waals surface area contributed by atoms with Gasteiger partial charge in [0.1, 0.15) is 11.6 Å². The van der Waals surface area contributed by atoms with Gasteiger partial charge in [0.05, 0.1) is 5.25 Å². The number of benzene rings is 2. The number of thioether (sulfide) groups is 1. The van der Waals surface area contributed by atoms with E-state index in [0.29, 0.717) is 11.3 Å². The summed E-state index contributed by atoms with van der Waals surface area (Å²) in [4.78, 5) is 12.9. The first-order valence-electron chi connectivity index (χ1n) is 6.45. The van der Waals surface area contributed by atoms with Crippen molar-refractivity contribution in [1.29, 1.82) is 0 Å². The molecule has 0 heterocycles. The fourth-order valence-corrected chi connectivity index (χ4v) is 2.55. The van der Waals surface area contributed by atoms with E-state index in [4.69, 9.17) is 0 Å². The summed E-state index contributed by atoms with van der Waals surface area (Å²) in [5.41, 5.74) is 0.955. The molecule has 0 aliphatic carbocycles. The number of amides is 1. The second-order valence-corrected chi connectivity index (χ2v) is 6.08. The number of rotatable bonds is 4. The lowest BCUT2D eigenvalue weighted by molar-refractivity contribution is -0.115. The Morgan fingerprint density at radius 1 is 1.14 bits per heavy atom. The van der Waals surface area contributed by atoms with Crippen molar-refractivity contribution in [3.05, 3.63) is 59.7 Å². The minimum Gasteiger partial charge on any atom is -0.325 e. The molecule has 0 unspecified atom stereocenters. The summed E-state index contributed by atoms with van der Waals surface area (Å²) >= 11 is 1.31. The van der Waals surface area contributed by atoms with Crippen LogP contribution in [0.1, 0.15) is 12.5 Å². The number of carbonyl (C=O) groups is 1. The molecule has 0 radical (unpaired) electrons. The van der Waals surface area contributed by atoms with Gasteiger partial charge in [0.15, 0.2) is 0 Å². The summed E-state index contributed by atoms with van der Waals surface area (Å²) in [5, 5.41) is 2.29. The number of hydrogen-bond donors (Lipinski definition) is 1. The number of hydrogen-bond acceptors (Lipinski definition) is 2. The van der Waals surface area contributed by atoms with Gasteiger partial charge in [-0.25, -0.2) is 8.78 Å². The van der Waals surface area contributed by atoms with Gasteiger partial charge in [-0.15, -0.1) is 11.8 Å². The Morgan fingerprint density at radius 2 is 1.81 bits per heavy atom. The Balaban J connectivity index is 1.98. The summed E-state index contributed by atoms with van der Waals surface area (Å²) in [6.07, 6.45) is 0. The minimum absolute atomic E-state index is 0.229. The predicted molar refractivity (Wildman–Crippen MR) is 81.5 cm³/mol. The second-order valence-electron chi connectivity index (χ2n) is 4.67. The lowest BCUT2D eigenvalue weighted by Gasteiger charge is -2.12. The van der Waals surface area contributed by atoms with Crippen molar-refractivity contribution < 1.29 is 13.6 Å². The Bertz CT molecular complexity index is 643. The van der Waals surface area contributed by atoms with Crippen molar-refractivity contribution in [2.24, 2.45) is 0 Å². The van der Waals surface area contributed by atoms with Gasteiger partial charge in [0.2, 0.25) is 5.91 Å². The molecular formula is C16H15F2NOS. The van der Waals surface area contributed by atoms with Crippen molar-refractivity contribution in [3.63, 3.8) is 0 Å². The van der Waals surface area contributed by atoms with Gasteiger partial charge in [0.25, 0.3) is 0 Å². The highest BCUT2D eigenvalue weighted by atomic mass is 32.2. The Labute approximate surface area is 126 Å². The summed E-state index contributed by atoms with van der Waals surface area (Å²) in [7, 11) is 0. The van der Waals surface area contributed by atoms with Crippen LogP contribution in [0.5, 0.6) is 0 Å². The molecule has 0 bridgehead atoms. The second kappa shape index (κ2) is 6.72. The van der Waals surface area contributed by atoms with Crippen molar-refractivity contribution in [1.82, 2.24) is 0 Å². The monoisotopic (exact) mass is 307 g/mol. The topological polar surface area (TPSA) is 29.1 Å². The molecule has 0 spiro atoms. The van der Waals surface area contributed by atoms with Crippen molar-refractivity contribution >= 4 is 23.4 Å². The van der Waals surface area contributed by atoms with E-state index in [0.717, 1.165) is 4.90 Å². The van der Waals surface area contributed by atoms with Crippen LogP contribution in [0.15, 0.2) is 47.4 Å². The molecule has 2 aromatic rings. The predicted octanol–water partition coefficient (Wildman–Crippen LogP) is 4.39. The van der Waals surface area contributed by atoms with Crippen molar-refractivity contribution in [3.8, 4) is 0 Å². The van der Waals surface area contributed by atoms with E-state index in [9.17, 15) is 13.6 Å². The molecule has 2 nitrogen and oxygen atoms in total. The van der Waals surface area contributed by atoms with Gasteiger partial charge in [-0.2, -0.15) is 0 Å². The molecule has 5 heteroatoms. The zero-order valence-electron chi connectivity index (χ0n) is 11.7. The smallest absolute Gasteiger partial charge is 0.237 e. The maximum Gasteiger partial charge on any atom is 0.237 e. The molecule has 0 saturated heterocycles. The average molecular weight is 307 g/mol. The highest BCUT2D eigenvalue weighted by molar-refractivity contribution is 8.00. The zero-order chi connectivity index (χ0) is 15.4. The molecule has 0 saturated carbocycles. The van der Waals surface area contributed by atoms with Gasteiger partial charge in [-0.05, 0) is 55.8 Å². The molecule has 21 heavy (non-hydrogen) atoms. The normalized spacial score (nSPS) is 12.0. The first-order valence-corrected chi connectivity index (χ1v) is 7.33. The van der Waals surface area contributed by atoms with Gasteiger partial charge in [-0.1, -0.05) is 6.07 Å². The molecule has 0 fully saturated rings. The summed E-state index contributed by atoms with van der Waals surface area (Å²) in [6, 6.07) is 10.5. The Kier molecular flexibility index (Phi) is 4.96. The maximum atomic E-state index is 13.4. The quantitative estimate of drug-likeness (QED) is 0.849. The molecule has 1 amide bonds. The first-order chi connectivity index (χ1) is 9.95. The number of nitrogens with one attached hydrogen (secondary N) is 1. The summed E-state index contributed by atoms with van der Waals surface area (Å²) in [6.45, 7) is 3.40. The van der Waals surface area contributed by atoms with E-state index in [2.05, 4.69) is 5.32 Å². The van der Waals surface area contributed by atoms with E-state index in [1.54, 1.807) is 38.1 Å². The van der Waals surface area contributed by atoms with Crippen LogP contribution in [0.25, 0.3) is 0 Å². The fourth-order valence-electron chi connectivity index (χ4n) is 1.69. The Morgan fingerprint density at radius 3 is 2.43 bits per heavy atom. The highest BCUT2D eigenvalue weighted by Crippen LogP contribution is 2.24. The number of anilines is 1. The van der Waals surface area contributed by atoms with E-state index >= 15 is 0 Å². The molecule has 110 valence electrons. The Hall–Kier alpha value is -1.88. The fraction of sp³-hybridized carbons (Fsp3) is 0.188. The van der Waals surface area contributed by atoms with Gasteiger partial charge >= 0.3 is 0 Å². The zero-order valence-corrected chi connectivity index (χ0v) is 12.5. The van der Waals surface area contributed by atoms with E-state index in [1.807, 2.05) is 0 Å². The molecule has 0 aliphatic rings. The summed E-state index contributed by atoms with van der Waals surface area (Å²) in [5.74, 6) is -0.897. The number of aryl methyl sites for hydroxylation is 1. The summed E-state index contributed by atoms with van der Waals surface area (Å²) < 4.78 is 26.2.